The summed E-state index contributed by atoms with van der Waals surface area (Å²) in [5, 5.41) is 8.75. The van der Waals surface area contributed by atoms with Crippen molar-refractivity contribution in [1.82, 2.24) is 5.48 Å². The lowest BCUT2D eigenvalue weighted by Gasteiger charge is -2.29. The Labute approximate surface area is 223 Å². The second-order valence-corrected chi connectivity index (χ2v) is 12.8. The molecular weight excluding hydrogens is 510 g/mol. The van der Waals surface area contributed by atoms with E-state index in [0.717, 1.165) is 37.5 Å². The molecule has 1 aromatic rings. The lowest BCUT2D eigenvalue weighted by Crippen LogP contribution is -2.53. The van der Waals surface area contributed by atoms with Crippen molar-refractivity contribution in [2.75, 3.05) is 24.3 Å². The fourth-order valence-corrected chi connectivity index (χ4v) is 5.64. The Morgan fingerprint density at radius 3 is 2.63 bits per heavy atom. The van der Waals surface area contributed by atoms with Crippen molar-refractivity contribution in [2.24, 2.45) is 11.8 Å². The number of amides is 2. The van der Waals surface area contributed by atoms with Gasteiger partial charge in [-0.3, -0.25) is 9.69 Å². The van der Waals surface area contributed by atoms with Gasteiger partial charge in [0, 0.05) is 49.3 Å². The fraction of sp³-hybridized carbons (Fsp3) is 0.593. The first kappa shape index (κ1) is 27.9. The molecule has 2 amide bonds. The van der Waals surface area contributed by atoms with Crippen molar-refractivity contribution in [2.45, 2.75) is 69.0 Å². The number of rotatable bonds is 8. The molecule has 0 spiro atoms. The van der Waals surface area contributed by atoms with Gasteiger partial charge in [0.25, 0.3) is 5.91 Å². The zero-order valence-corrected chi connectivity index (χ0v) is 22.5. The van der Waals surface area contributed by atoms with Crippen LogP contribution in [0.1, 0.15) is 57.4 Å². The number of sulfone groups is 1. The average Bonchev–Trinajstić information content (AvgIpc) is 3.23. The molecule has 38 heavy (non-hydrogen) atoms. The van der Waals surface area contributed by atoms with Crippen molar-refractivity contribution in [3.8, 4) is 17.9 Å². The van der Waals surface area contributed by atoms with Crippen LogP contribution in [0.15, 0.2) is 24.3 Å². The number of hydroxylamine groups is 1. The molecule has 0 bridgehead atoms. The maximum absolute atomic E-state index is 12.9. The highest BCUT2D eigenvalue weighted by Gasteiger charge is 2.49. The van der Waals surface area contributed by atoms with Crippen LogP contribution in [0.25, 0.3) is 0 Å². The Morgan fingerprint density at radius 1 is 1.26 bits per heavy atom. The van der Waals surface area contributed by atoms with E-state index in [4.69, 9.17) is 19.6 Å². The average molecular weight is 544 g/mol. The summed E-state index contributed by atoms with van der Waals surface area (Å²) in [6.45, 7) is 1.91. The SMILES string of the molecule is C[C@@](C[C@H]1CN(c2ccc(C#CC3CC(CC#N)C3)cc2)C(=O)O1)(C(=O)NOC1CCCCO1)S(C)(=O)=O. The molecule has 1 saturated carbocycles. The monoisotopic (exact) mass is 543 g/mol. The van der Waals surface area contributed by atoms with E-state index in [1.165, 1.54) is 11.8 Å². The molecule has 2 saturated heterocycles. The molecule has 1 N–H and O–H groups in total. The van der Waals surface area contributed by atoms with Gasteiger partial charge < -0.3 is 9.47 Å². The third kappa shape index (κ3) is 6.47. The molecule has 2 heterocycles. The van der Waals surface area contributed by atoms with Crippen molar-refractivity contribution in [3.63, 3.8) is 0 Å². The van der Waals surface area contributed by atoms with Gasteiger partial charge in [0.2, 0.25) is 0 Å². The van der Waals surface area contributed by atoms with Gasteiger partial charge in [0.15, 0.2) is 20.9 Å². The van der Waals surface area contributed by atoms with Gasteiger partial charge in [-0.1, -0.05) is 11.8 Å². The zero-order valence-electron chi connectivity index (χ0n) is 21.6. The van der Waals surface area contributed by atoms with Gasteiger partial charge in [-0.15, -0.1) is 0 Å². The lowest BCUT2D eigenvalue weighted by atomic mass is 9.74. The lowest BCUT2D eigenvalue weighted by molar-refractivity contribution is -0.201. The van der Waals surface area contributed by atoms with Gasteiger partial charge in [-0.2, -0.15) is 5.26 Å². The van der Waals surface area contributed by atoms with Crippen molar-refractivity contribution in [3.05, 3.63) is 29.8 Å². The van der Waals surface area contributed by atoms with Crippen LogP contribution in [-0.4, -0.2) is 57.0 Å². The molecule has 3 fully saturated rings. The Kier molecular flexibility index (Phi) is 8.61. The molecule has 4 rings (SSSR count). The number of ether oxygens (including phenoxy) is 2. The zero-order chi connectivity index (χ0) is 27.3. The molecular formula is C27H33N3O7S. The molecule has 204 valence electrons. The molecule has 11 heteroatoms. The summed E-state index contributed by atoms with van der Waals surface area (Å²) in [6, 6.07) is 9.34. The minimum absolute atomic E-state index is 0.0944. The molecule has 1 aliphatic carbocycles. The van der Waals surface area contributed by atoms with Crippen LogP contribution in [0.5, 0.6) is 0 Å². The van der Waals surface area contributed by atoms with Gasteiger partial charge in [-0.05, 0) is 62.8 Å². The minimum atomic E-state index is -3.90. The molecule has 1 unspecified atom stereocenters. The van der Waals surface area contributed by atoms with E-state index in [-0.39, 0.29) is 13.0 Å². The molecule has 3 aliphatic rings. The maximum Gasteiger partial charge on any atom is 0.414 e. The highest BCUT2D eigenvalue weighted by Crippen LogP contribution is 2.35. The quantitative estimate of drug-likeness (QED) is 0.390. The molecule has 0 radical (unpaired) electrons. The first-order chi connectivity index (χ1) is 18.1. The summed E-state index contributed by atoms with van der Waals surface area (Å²) in [4.78, 5) is 32.3. The topological polar surface area (TPSA) is 135 Å². The normalized spacial score (nSPS) is 26.7. The van der Waals surface area contributed by atoms with E-state index in [1.54, 1.807) is 12.1 Å². The first-order valence-electron chi connectivity index (χ1n) is 12.8. The second kappa shape index (κ2) is 11.7. The summed E-state index contributed by atoms with van der Waals surface area (Å²) in [6.07, 6.45) is 3.55. The summed E-state index contributed by atoms with van der Waals surface area (Å²) in [5.41, 5.74) is 3.64. The number of anilines is 1. The Morgan fingerprint density at radius 2 is 2.00 bits per heavy atom. The van der Waals surface area contributed by atoms with Crippen molar-refractivity contribution < 1.29 is 32.3 Å². The number of nitriles is 1. The highest BCUT2D eigenvalue weighted by atomic mass is 32.2. The molecule has 2 aliphatic heterocycles. The molecule has 1 aromatic carbocycles. The largest absolute Gasteiger partial charge is 0.444 e. The Bertz CT molecular complexity index is 1240. The Balaban J connectivity index is 1.36. The van der Waals surface area contributed by atoms with Gasteiger partial charge >= 0.3 is 6.09 Å². The van der Waals surface area contributed by atoms with E-state index in [0.29, 0.717) is 37.0 Å². The van der Waals surface area contributed by atoms with Crippen LogP contribution < -0.4 is 10.4 Å². The summed E-state index contributed by atoms with van der Waals surface area (Å²) in [7, 11) is -3.90. The van der Waals surface area contributed by atoms with Crippen LogP contribution in [0.3, 0.4) is 0 Å². The standard InChI is InChI=1S/C27H33N3O7S/c1-27(38(2,33)34,25(31)29-37-24-5-3-4-14-35-24)17-23-18-30(26(32)36-23)22-10-8-19(9-11-22)6-7-20-15-21(16-20)12-13-28/h8-11,20-21,23-24H,3-5,12,14-18H2,1-2H3,(H,29,31)/t20?,21?,23-,24?,27+/m0/s1. The predicted molar refractivity (Wildman–Crippen MR) is 138 cm³/mol. The second-order valence-electron chi connectivity index (χ2n) is 10.4. The number of nitrogens with zero attached hydrogens (tertiary/aromatic N) is 2. The smallest absolute Gasteiger partial charge is 0.414 e. The van der Waals surface area contributed by atoms with E-state index >= 15 is 0 Å². The number of carbonyl (C=O) groups is 2. The number of hydrogen-bond acceptors (Lipinski definition) is 8. The molecule has 0 aromatic heterocycles. The van der Waals surface area contributed by atoms with Gasteiger partial charge in [0.05, 0.1) is 12.6 Å². The summed E-state index contributed by atoms with van der Waals surface area (Å²) < 4.78 is 34.3. The van der Waals surface area contributed by atoms with E-state index in [9.17, 15) is 18.0 Å². The van der Waals surface area contributed by atoms with Crippen LogP contribution in [-0.2, 0) is 28.9 Å². The van der Waals surface area contributed by atoms with E-state index < -0.39 is 39.0 Å². The highest BCUT2D eigenvalue weighted by molar-refractivity contribution is 7.92. The summed E-state index contributed by atoms with van der Waals surface area (Å²) in [5.74, 6) is 6.30. The number of cyclic esters (lactones) is 1. The van der Waals surface area contributed by atoms with Gasteiger partial charge in [0.1, 0.15) is 6.10 Å². The van der Waals surface area contributed by atoms with Crippen molar-refractivity contribution in [1.29, 1.82) is 5.26 Å². The van der Waals surface area contributed by atoms with Crippen LogP contribution in [0.4, 0.5) is 10.5 Å². The Hall–Kier alpha value is -3.12. The van der Waals surface area contributed by atoms with Crippen LogP contribution in [0, 0.1) is 35.0 Å². The van der Waals surface area contributed by atoms with E-state index in [2.05, 4.69) is 23.4 Å². The van der Waals surface area contributed by atoms with Crippen molar-refractivity contribution >= 4 is 27.5 Å². The number of nitrogens with one attached hydrogen (secondary N) is 1. The predicted octanol–water partition coefficient (Wildman–Crippen LogP) is 3.07. The number of carbonyl (C=O) groups excluding carboxylic acids is 2. The number of hydrogen-bond donors (Lipinski definition) is 1. The maximum atomic E-state index is 12.9. The first-order valence-corrected chi connectivity index (χ1v) is 14.7. The minimum Gasteiger partial charge on any atom is -0.444 e. The van der Waals surface area contributed by atoms with Gasteiger partial charge in [-0.25, -0.2) is 23.5 Å². The summed E-state index contributed by atoms with van der Waals surface area (Å²) >= 11 is 0. The van der Waals surface area contributed by atoms with Crippen LogP contribution >= 0.6 is 0 Å². The fourth-order valence-electron chi connectivity index (χ4n) is 4.78. The number of benzene rings is 1. The third-order valence-corrected chi connectivity index (χ3v) is 9.42. The third-order valence-electron chi connectivity index (χ3n) is 7.43. The molecule has 10 nitrogen and oxygen atoms in total. The molecule has 3 atom stereocenters. The van der Waals surface area contributed by atoms with E-state index in [1.807, 2.05) is 12.1 Å². The van der Waals surface area contributed by atoms with Crippen LogP contribution in [0.2, 0.25) is 0 Å².